The Balaban J connectivity index is 0.00000312. The molecule has 0 amide bonds. The standard InChI is InChI=1S/C18H26ClN3O2.HI/c1-3-24-17(23)15-7-5-11-22(13-15)18(20-2)21-10-9-14-6-4-8-16(19)12-14;/h4,6,8,12,15H,3,5,7,9-11,13H2,1-2H3,(H,20,21);1H. The summed E-state index contributed by atoms with van der Waals surface area (Å²) < 4.78 is 5.15. The number of nitrogens with zero attached hydrogens (tertiary/aromatic N) is 2. The number of piperidine rings is 1. The third-order valence-corrected chi connectivity index (χ3v) is 4.37. The molecule has 0 radical (unpaired) electrons. The summed E-state index contributed by atoms with van der Waals surface area (Å²) in [5.74, 6) is 0.674. The largest absolute Gasteiger partial charge is 0.466 e. The number of likely N-dealkylation sites (tertiary alicyclic amines) is 1. The molecule has 0 spiro atoms. The molecule has 1 N–H and O–H groups in total. The predicted octanol–water partition coefficient (Wildman–Crippen LogP) is 3.35. The number of esters is 1. The number of nitrogens with one attached hydrogen (secondary N) is 1. The topological polar surface area (TPSA) is 53.9 Å². The third kappa shape index (κ3) is 7.01. The normalized spacial score (nSPS) is 17.6. The van der Waals surface area contributed by atoms with Crippen LogP contribution in [0.5, 0.6) is 0 Å². The van der Waals surface area contributed by atoms with Gasteiger partial charge in [0.15, 0.2) is 5.96 Å². The van der Waals surface area contributed by atoms with E-state index < -0.39 is 0 Å². The molecule has 7 heteroatoms. The van der Waals surface area contributed by atoms with Crippen molar-refractivity contribution >= 4 is 47.5 Å². The molecule has 1 saturated heterocycles. The molecular formula is C18H27ClIN3O2. The first-order valence-electron chi connectivity index (χ1n) is 8.50. The van der Waals surface area contributed by atoms with Crippen molar-refractivity contribution in [1.82, 2.24) is 10.2 Å². The van der Waals surface area contributed by atoms with Gasteiger partial charge in [-0.2, -0.15) is 0 Å². The van der Waals surface area contributed by atoms with Crippen molar-refractivity contribution in [2.75, 3.05) is 33.3 Å². The summed E-state index contributed by atoms with van der Waals surface area (Å²) in [6, 6.07) is 7.87. The number of ether oxygens (including phenoxy) is 1. The van der Waals surface area contributed by atoms with E-state index in [0.29, 0.717) is 13.2 Å². The fraction of sp³-hybridized carbons (Fsp3) is 0.556. The van der Waals surface area contributed by atoms with E-state index >= 15 is 0 Å². The average molecular weight is 480 g/mol. The van der Waals surface area contributed by atoms with Crippen LogP contribution in [0.15, 0.2) is 29.3 Å². The van der Waals surface area contributed by atoms with Crippen molar-refractivity contribution in [2.24, 2.45) is 10.9 Å². The maximum Gasteiger partial charge on any atom is 0.310 e. The molecule has 25 heavy (non-hydrogen) atoms. The number of carbonyl (C=O) groups excluding carboxylic acids is 1. The minimum absolute atomic E-state index is 0. The Kier molecular flexibility index (Phi) is 10.2. The Morgan fingerprint density at radius 1 is 1.48 bits per heavy atom. The average Bonchev–Trinajstić information content (AvgIpc) is 2.59. The molecule has 0 aliphatic carbocycles. The lowest BCUT2D eigenvalue weighted by atomic mass is 9.98. The second-order valence-corrected chi connectivity index (χ2v) is 6.33. The van der Waals surface area contributed by atoms with E-state index in [9.17, 15) is 4.79 Å². The summed E-state index contributed by atoms with van der Waals surface area (Å²) in [4.78, 5) is 18.5. The zero-order chi connectivity index (χ0) is 17.4. The van der Waals surface area contributed by atoms with Crippen LogP contribution in [-0.2, 0) is 16.0 Å². The number of guanidine groups is 1. The Labute approximate surface area is 172 Å². The van der Waals surface area contributed by atoms with E-state index in [0.717, 1.165) is 43.3 Å². The van der Waals surface area contributed by atoms with Crippen molar-refractivity contribution in [3.63, 3.8) is 0 Å². The van der Waals surface area contributed by atoms with Crippen molar-refractivity contribution < 1.29 is 9.53 Å². The maximum absolute atomic E-state index is 12.0. The molecule has 0 saturated carbocycles. The number of rotatable bonds is 5. The highest BCUT2D eigenvalue weighted by molar-refractivity contribution is 14.0. The summed E-state index contributed by atoms with van der Waals surface area (Å²) in [5.41, 5.74) is 1.19. The second kappa shape index (κ2) is 11.6. The summed E-state index contributed by atoms with van der Waals surface area (Å²) in [5, 5.41) is 4.13. The van der Waals surface area contributed by atoms with Crippen LogP contribution in [0.25, 0.3) is 0 Å². The van der Waals surface area contributed by atoms with Gasteiger partial charge in [-0.3, -0.25) is 9.79 Å². The summed E-state index contributed by atoms with van der Waals surface area (Å²) in [7, 11) is 1.77. The zero-order valence-electron chi connectivity index (χ0n) is 14.8. The van der Waals surface area contributed by atoms with Crippen LogP contribution in [0.1, 0.15) is 25.3 Å². The molecule has 1 heterocycles. The van der Waals surface area contributed by atoms with Gasteiger partial charge in [-0.15, -0.1) is 24.0 Å². The van der Waals surface area contributed by atoms with E-state index in [2.05, 4.69) is 21.3 Å². The number of halogens is 2. The van der Waals surface area contributed by atoms with E-state index in [1.807, 2.05) is 25.1 Å². The van der Waals surface area contributed by atoms with Gasteiger partial charge in [0.05, 0.1) is 12.5 Å². The summed E-state index contributed by atoms with van der Waals surface area (Å²) in [6.45, 7) is 4.62. The lowest BCUT2D eigenvalue weighted by Crippen LogP contribution is -2.48. The van der Waals surface area contributed by atoms with Gasteiger partial charge in [0, 0.05) is 31.7 Å². The first kappa shape index (κ1) is 22.0. The van der Waals surface area contributed by atoms with Gasteiger partial charge >= 0.3 is 5.97 Å². The van der Waals surface area contributed by atoms with Crippen LogP contribution in [-0.4, -0.2) is 50.1 Å². The van der Waals surface area contributed by atoms with Crippen LogP contribution >= 0.6 is 35.6 Å². The van der Waals surface area contributed by atoms with Crippen LogP contribution in [0.3, 0.4) is 0 Å². The van der Waals surface area contributed by atoms with Crippen molar-refractivity contribution in [2.45, 2.75) is 26.2 Å². The maximum atomic E-state index is 12.0. The van der Waals surface area contributed by atoms with Gasteiger partial charge in [-0.25, -0.2) is 0 Å². The first-order chi connectivity index (χ1) is 11.6. The minimum atomic E-state index is -0.100. The number of hydrogen-bond donors (Lipinski definition) is 1. The molecule has 1 atom stereocenters. The predicted molar refractivity (Wildman–Crippen MR) is 113 cm³/mol. The highest BCUT2D eigenvalue weighted by Crippen LogP contribution is 2.18. The Morgan fingerprint density at radius 2 is 2.28 bits per heavy atom. The molecular weight excluding hydrogens is 453 g/mol. The van der Waals surface area contributed by atoms with Crippen molar-refractivity contribution in [1.29, 1.82) is 0 Å². The summed E-state index contributed by atoms with van der Waals surface area (Å²) in [6.07, 6.45) is 2.72. The van der Waals surface area contributed by atoms with Crippen LogP contribution in [0, 0.1) is 5.92 Å². The number of benzene rings is 1. The first-order valence-corrected chi connectivity index (χ1v) is 8.88. The van der Waals surface area contributed by atoms with E-state index in [4.69, 9.17) is 16.3 Å². The monoisotopic (exact) mass is 479 g/mol. The minimum Gasteiger partial charge on any atom is -0.466 e. The molecule has 2 rings (SSSR count). The second-order valence-electron chi connectivity index (χ2n) is 5.89. The SMILES string of the molecule is CCOC(=O)C1CCCN(C(=NC)NCCc2cccc(Cl)c2)C1.I. The molecule has 0 aromatic heterocycles. The van der Waals surface area contributed by atoms with Crippen LogP contribution in [0.2, 0.25) is 5.02 Å². The number of aliphatic imine (C=N–C) groups is 1. The van der Waals surface area contributed by atoms with Crippen LogP contribution in [0.4, 0.5) is 0 Å². The van der Waals surface area contributed by atoms with E-state index in [1.165, 1.54) is 5.56 Å². The fourth-order valence-corrected chi connectivity index (χ4v) is 3.18. The lowest BCUT2D eigenvalue weighted by Gasteiger charge is -2.34. The number of hydrogen-bond acceptors (Lipinski definition) is 3. The van der Waals surface area contributed by atoms with Crippen molar-refractivity contribution in [3.05, 3.63) is 34.9 Å². The highest BCUT2D eigenvalue weighted by Gasteiger charge is 2.28. The van der Waals surface area contributed by atoms with Crippen LogP contribution < -0.4 is 5.32 Å². The van der Waals surface area contributed by atoms with Gasteiger partial charge in [0.1, 0.15) is 0 Å². The molecule has 1 aliphatic rings. The molecule has 140 valence electrons. The Morgan fingerprint density at radius 3 is 2.96 bits per heavy atom. The van der Waals surface area contributed by atoms with Gasteiger partial charge in [0.25, 0.3) is 0 Å². The molecule has 1 aromatic rings. The van der Waals surface area contributed by atoms with Gasteiger partial charge in [-0.1, -0.05) is 23.7 Å². The third-order valence-electron chi connectivity index (χ3n) is 4.14. The zero-order valence-corrected chi connectivity index (χ0v) is 17.9. The Bertz CT molecular complexity index is 583. The highest BCUT2D eigenvalue weighted by atomic mass is 127. The molecule has 0 bridgehead atoms. The molecule has 1 unspecified atom stereocenters. The molecule has 1 fully saturated rings. The smallest absolute Gasteiger partial charge is 0.310 e. The molecule has 5 nitrogen and oxygen atoms in total. The lowest BCUT2D eigenvalue weighted by molar-refractivity contribution is -0.149. The van der Waals surface area contributed by atoms with Crippen molar-refractivity contribution in [3.8, 4) is 0 Å². The van der Waals surface area contributed by atoms with E-state index in [1.54, 1.807) is 7.05 Å². The number of carbonyl (C=O) groups is 1. The molecule has 1 aliphatic heterocycles. The quantitative estimate of drug-likeness (QED) is 0.305. The molecule has 1 aromatic carbocycles. The van der Waals surface area contributed by atoms with Gasteiger partial charge in [-0.05, 0) is 43.9 Å². The van der Waals surface area contributed by atoms with E-state index in [-0.39, 0.29) is 35.9 Å². The van der Waals surface area contributed by atoms with Gasteiger partial charge in [0.2, 0.25) is 0 Å². The summed E-state index contributed by atoms with van der Waals surface area (Å²) >= 11 is 6.01. The Hall–Kier alpha value is -1.02. The fourth-order valence-electron chi connectivity index (χ4n) is 2.97. The van der Waals surface area contributed by atoms with Gasteiger partial charge < -0.3 is 15.0 Å².